The Morgan fingerprint density at radius 3 is 2.39 bits per heavy atom. The van der Waals surface area contributed by atoms with Gasteiger partial charge in [0.25, 0.3) is 0 Å². The van der Waals surface area contributed by atoms with Gasteiger partial charge in [0.05, 0.1) is 19.2 Å². The van der Waals surface area contributed by atoms with Crippen molar-refractivity contribution in [1.82, 2.24) is 4.98 Å². The number of carbonyl (C=O) groups is 1. The number of carbonyl (C=O) groups excluding carboxylic acids is 1. The zero-order chi connectivity index (χ0) is 21.6. The van der Waals surface area contributed by atoms with Crippen LogP contribution in [0.2, 0.25) is 5.02 Å². The van der Waals surface area contributed by atoms with E-state index in [1.54, 1.807) is 6.20 Å². The minimum absolute atomic E-state index is 0.199. The maximum Gasteiger partial charge on any atom is 0.310 e. The molecule has 0 unspecified atom stereocenters. The lowest BCUT2D eigenvalue weighted by atomic mass is 9.99. The fraction of sp³-hybridized carbons (Fsp3) is 0.154. The second kappa shape index (κ2) is 9.63. The molecular weight excluding hydrogens is 410 g/mol. The first-order valence-corrected chi connectivity index (χ1v) is 10.4. The number of methoxy groups -OCH3 is 1. The van der Waals surface area contributed by atoms with Crippen LogP contribution in [0.15, 0.2) is 79.0 Å². The molecule has 0 spiro atoms. The molecular formula is C26H22ClNO3. The van der Waals surface area contributed by atoms with Crippen LogP contribution in [-0.2, 0) is 29.0 Å². The summed E-state index contributed by atoms with van der Waals surface area (Å²) >= 11 is 5.97. The second-order valence-electron chi connectivity index (χ2n) is 7.23. The van der Waals surface area contributed by atoms with E-state index in [2.05, 4.69) is 11.1 Å². The lowest BCUT2D eigenvalue weighted by Crippen LogP contribution is -2.07. The van der Waals surface area contributed by atoms with Crippen molar-refractivity contribution in [3.63, 3.8) is 0 Å². The van der Waals surface area contributed by atoms with Crippen molar-refractivity contribution in [2.75, 3.05) is 7.11 Å². The summed E-state index contributed by atoms with van der Waals surface area (Å²) in [5.74, 6) is 0.544. The van der Waals surface area contributed by atoms with Gasteiger partial charge in [0.15, 0.2) is 0 Å². The minimum Gasteiger partial charge on any atom is -0.489 e. The summed E-state index contributed by atoms with van der Waals surface area (Å²) in [5.41, 5.74) is 3.90. The van der Waals surface area contributed by atoms with Crippen molar-refractivity contribution >= 4 is 28.3 Å². The topological polar surface area (TPSA) is 48.4 Å². The number of aromatic nitrogens is 1. The van der Waals surface area contributed by atoms with Crippen LogP contribution in [0.5, 0.6) is 5.75 Å². The van der Waals surface area contributed by atoms with Crippen molar-refractivity contribution in [3.05, 3.63) is 106 Å². The molecule has 1 heterocycles. The van der Waals surface area contributed by atoms with E-state index in [1.165, 1.54) is 7.11 Å². The third-order valence-electron chi connectivity index (χ3n) is 5.16. The van der Waals surface area contributed by atoms with Crippen LogP contribution in [-0.4, -0.2) is 18.1 Å². The first kappa shape index (κ1) is 20.9. The minimum atomic E-state index is -0.277. The van der Waals surface area contributed by atoms with Gasteiger partial charge < -0.3 is 9.47 Å². The summed E-state index contributed by atoms with van der Waals surface area (Å²) in [6.07, 6.45) is 2.59. The molecule has 1 aromatic heterocycles. The largest absolute Gasteiger partial charge is 0.489 e. The number of esters is 1. The molecule has 5 heteroatoms. The summed E-state index contributed by atoms with van der Waals surface area (Å²) in [7, 11) is 1.40. The molecule has 0 saturated carbocycles. The maximum absolute atomic E-state index is 11.8. The smallest absolute Gasteiger partial charge is 0.310 e. The van der Waals surface area contributed by atoms with E-state index >= 15 is 0 Å². The molecule has 0 aliphatic heterocycles. The highest BCUT2D eigenvalue weighted by Gasteiger charge is 2.13. The van der Waals surface area contributed by atoms with E-state index in [4.69, 9.17) is 21.1 Å². The first-order valence-electron chi connectivity index (χ1n) is 10.0. The summed E-state index contributed by atoms with van der Waals surface area (Å²) in [5, 5.41) is 2.74. The molecule has 31 heavy (non-hydrogen) atoms. The van der Waals surface area contributed by atoms with Gasteiger partial charge in [-0.3, -0.25) is 9.78 Å². The van der Waals surface area contributed by atoms with E-state index in [1.807, 2.05) is 66.7 Å². The molecule has 0 aliphatic rings. The molecule has 0 amide bonds. The first-order chi connectivity index (χ1) is 15.1. The van der Waals surface area contributed by atoms with Gasteiger partial charge in [0.2, 0.25) is 0 Å². The predicted molar refractivity (Wildman–Crippen MR) is 122 cm³/mol. The van der Waals surface area contributed by atoms with Crippen LogP contribution < -0.4 is 4.74 Å². The predicted octanol–water partition coefficient (Wildman–Crippen LogP) is 5.77. The van der Waals surface area contributed by atoms with Gasteiger partial charge in [-0.05, 0) is 34.7 Å². The fourth-order valence-electron chi connectivity index (χ4n) is 3.53. The molecule has 0 saturated heterocycles. The van der Waals surface area contributed by atoms with Crippen LogP contribution in [0.3, 0.4) is 0 Å². The lowest BCUT2D eigenvalue weighted by molar-refractivity contribution is -0.139. The summed E-state index contributed by atoms with van der Waals surface area (Å²) in [6.45, 7) is 0.459. The number of halogens is 1. The van der Waals surface area contributed by atoms with Gasteiger partial charge in [-0.1, -0.05) is 66.2 Å². The monoisotopic (exact) mass is 431 g/mol. The normalized spacial score (nSPS) is 10.8. The van der Waals surface area contributed by atoms with Crippen LogP contribution in [0.4, 0.5) is 0 Å². The van der Waals surface area contributed by atoms with Crippen molar-refractivity contribution < 1.29 is 14.3 Å². The molecule has 156 valence electrons. The molecule has 0 N–H and O–H groups in total. The zero-order valence-electron chi connectivity index (χ0n) is 17.2. The lowest BCUT2D eigenvalue weighted by Gasteiger charge is -2.14. The maximum atomic E-state index is 11.8. The van der Waals surface area contributed by atoms with E-state index in [0.717, 1.165) is 38.9 Å². The third-order valence-corrected chi connectivity index (χ3v) is 5.41. The van der Waals surface area contributed by atoms with Crippen molar-refractivity contribution in [2.45, 2.75) is 19.4 Å². The molecule has 0 atom stereocenters. The van der Waals surface area contributed by atoms with Gasteiger partial charge in [0.1, 0.15) is 12.4 Å². The number of pyridine rings is 1. The fourth-order valence-corrected chi connectivity index (χ4v) is 3.66. The Morgan fingerprint density at radius 1 is 0.903 bits per heavy atom. The number of hydrogen-bond donors (Lipinski definition) is 0. The number of benzene rings is 3. The Hall–Kier alpha value is -3.37. The molecule has 4 nitrogen and oxygen atoms in total. The summed E-state index contributed by atoms with van der Waals surface area (Å²) in [6, 6.07) is 23.6. The second-order valence-corrected chi connectivity index (χ2v) is 7.66. The number of rotatable bonds is 7. The van der Waals surface area contributed by atoms with Crippen LogP contribution in [0, 0.1) is 0 Å². The zero-order valence-corrected chi connectivity index (χ0v) is 17.9. The Kier molecular flexibility index (Phi) is 6.48. The molecule has 0 aliphatic carbocycles. The van der Waals surface area contributed by atoms with Gasteiger partial charge in [0, 0.05) is 28.6 Å². The van der Waals surface area contributed by atoms with Crippen LogP contribution in [0.1, 0.15) is 22.4 Å². The molecule has 0 fully saturated rings. The molecule has 0 radical (unpaired) electrons. The Labute approximate surface area is 186 Å². The van der Waals surface area contributed by atoms with E-state index < -0.39 is 0 Å². The van der Waals surface area contributed by atoms with E-state index in [-0.39, 0.29) is 12.4 Å². The number of hydrogen-bond acceptors (Lipinski definition) is 4. The average molecular weight is 432 g/mol. The Morgan fingerprint density at radius 2 is 1.61 bits per heavy atom. The van der Waals surface area contributed by atoms with Gasteiger partial charge in [-0.25, -0.2) is 0 Å². The highest BCUT2D eigenvalue weighted by molar-refractivity contribution is 6.30. The van der Waals surface area contributed by atoms with E-state index in [9.17, 15) is 4.79 Å². The molecule has 0 bridgehead atoms. The highest BCUT2D eigenvalue weighted by Crippen LogP contribution is 2.27. The highest BCUT2D eigenvalue weighted by atomic mass is 35.5. The van der Waals surface area contributed by atoms with Gasteiger partial charge in [-0.2, -0.15) is 0 Å². The van der Waals surface area contributed by atoms with Crippen LogP contribution in [0.25, 0.3) is 10.8 Å². The van der Waals surface area contributed by atoms with Crippen molar-refractivity contribution in [1.29, 1.82) is 0 Å². The molecule has 4 aromatic rings. The van der Waals surface area contributed by atoms with Crippen molar-refractivity contribution in [2.24, 2.45) is 0 Å². The van der Waals surface area contributed by atoms with Crippen molar-refractivity contribution in [3.8, 4) is 5.75 Å². The quantitative estimate of drug-likeness (QED) is 0.348. The van der Waals surface area contributed by atoms with Gasteiger partial charge in [-0.15, -0.1) is 0 Å². The molecule has 4 rings (SSSR count). The number of nitrogens with zero attached hydrogens (tertiary/aromatic N) is 1. The SMILES string of the molecule is COC(=O)Cc1cnc(Cc2ccccc2OCc2ccc(Cl)cc2)c2ccccc12. The number of ether oxygens (including phenoxy) is 2. The summed E-state index contributed by atoms with van der Waals surface area (Å²) < 4.78 is 10.9. The standard InChI is InChI=1S/C26H22ClNO3/c1-30-26(29)15-20-16-28-24(23-8-4-3-7-22(20)23)14-19-6-2-5-9-25(19)31-17-18-10-12-21(27)13-11-18/h2-13,16H,14-15,17H2,1H3. The Bertz CT molecular complexity index is 1200. The summed E-state index contributed by atoms with van der Waals surface area (Å²) in [4.78, 5) is 16.5. The molecule has 3 aromatic carbocycles. The average Bonchev–Trinajstić information content (AvgIpc) is 2.81. The van der Waals surface area contributed by atoms with Crippen LogP contribution >= 0.6 is 11.6 Å². The third kappa shape index (κ3) is 5.04. The number of para-hydroxylation sites is 1. The Balaban J connectivity index is 1.60. The van der Waals surface area contributed by atoms with E-state index in [0.29, 0.717) is 18.1 Å². The number of fused-ring (bicyclic) bond motifs is 1. The van der Waals surface area contributed by atoms with Gasteiger partial charge >= 0.3 is 5.97 Å².